The lowest BCUT2D eigenvalue weighted by Gasteiger charge is -2.21. The van der Waals surface area contributed by atoms with Crippen LogP contribution in [0.1, 0.15) is 29.7 Å². The fraction of sp³-hybridized carbons (Fsp3) is 0.217. The van der Waals surface area contributed by atoms with Crippen LogP contribution in [0.25, 0.3) is 0 Å². The zero-order valence-electron chi connectivity index (χ0n) is 17.0. The molecule has 0 saturated carbocycles. The number of anilines is 1. The van der Waals surface area contributed by atoms with E-state index in [9.17, 15) is 13.2 Å². The summed E-state index contributed by atoms with van der Waals surface area (Å²) in [5.74, 6) is 0.0308. The molecule has 0 unspecified atom stereocenters. The third-order valence-electron chi connectivity index (χ3n) is 4.46. The van der Waals surface area contributed by atoms with E-state index in [4.69, 9.17) is 14.4 Å². The molecule has 3 rings (SSSR count). The predicted molar refractivity (Wildman–Crippen MR) is 116 cm³/mol. The lowest BCUT2D eigenvalue weighted by molar-refractivity contribution is 0.0959. The van der Waals surface area contributed by atoms with Crippen molar-refractivity contribution >= 4 is 21.4 Å². The van der Waals surface area contributed by atoms with Crippen molar-refractivity contribution in [3.8, 4) is 11.8 Å². The molecule has 1 amide bonds. The first-order valence-corrected chi connectivity index (χ1v) is 11.4. The summed E-state index contributed by atoms with van der Waals surface area (Å²) >= 11 is 0. The van der Waals surface area contributed by atoms with Gasteiger partial charge in [0, 0.05) is 12.2 Å². The average molecular weight is 439 g/mol. The van der Waals surface area contributed by atoms with Gasteiger partial charge in [-0.2, -0.15) is 5.26 Å². The summed E-state index contributed by atoms with van der Waals surface area (Å²) in [4.78, 5) is 14.7. The molecule has 31 heavy (non-hydrogen) atoms. The predicted octanol–water partition coefficient (Wildman–Crippen LogP) is 4.21. The van der Waals surface area contributed by atoms with Crippen LogP contribution in [0.15, 0.2) is 76.0 Å². The zero-order valence-corrected chi connectivity index (χ0v) is 17.8. The van der Waals surface area contributed by atoms with Gasteiger partial charge in [0.1, 0.15) is 17.3 Å². The molecule has 0 fully saturated rings. The molecule has 1 heterocycles. The second-order valence-corrected chi connectivity index (χ2v) is 8.62. The number of amides is 1. The molecule has 0 radical (unpaired) electrons. The van der Waals surface area contributed by atoms with E-state index in [0.29, 0.717) is 18.0 Å². The Hall–Kier alpha value is -3.57. The molecule has 160 valence electrons. The summed E-state index contributed by atoms with van der Waals surface area (Å²) in [6.45, 7) is 2.57. The molecule has 0 aliphatic rings. The Bertz CT molecular complexity index is 1160. The third kappa shape index (κ3) is 5.53. The fourth-order valence-electron chi connectivity index (χ4n) is 3.00. The van der Waals surface area contributed by atoms with Gasteiger partial charge in [0.15, 0.2) is 15.6 Å². The van der Waals surface area contributed by atoms with Crippen molar-refractivity contribution in [2.45, 2.75) is 24.0 Å². The number of carbonyl (C=O) groups excluding carboxylic acids is 1. The van der Waals surface area contributed by atoms with Crippen LogP contribution in [0.2, 0.25) is 0 Å². The van der Waals surface area contributed by atoms with E-state index >= 15 is 0 Å². The van der Waals surface area contributed by atoms with Gasteiger partial charge in [-0.3, -0.25) is 4.79 Å². The van der Waals surface area contributed by atoms with Gasteiger partial charge in [0.05, 0.1) is 24.0 Å². The zero-order chi connectivity index (χ0) is 22.3. The minimum absolute atomic E-state index is 0.00471. The van der Waals surface area contributed by atoms with Crippen molar-refractivity contribution in [3.63, 3.8) is 0 Å². The number of benzene rings is 2. The number of carbonyl (C=O) groups is 1. The molecular weight excluding hydrogens is 416 g/mol. The minimum Gasteiger partial charge on any atom is -0.494 e. The Kier molecular flexibility index (Phi) is 7.11. The summed E-state index contributed by atoms with van der Waals surface area (Å²) < 4.78 is 36.1. The number of rotatable bonds is 9. The van der Waals surface area contributed by atoms with Crippen molar-refractivity contribution < 1.29 is 22.4 Å². The Balaban J connectivity index is 1.81. The first kappa shape index (κ1) is 22.1. The van der Waals surface area contributed by atoms with Crippen molar-refractivity contribution in [1.29, 1.82) is 5.26 Å². The van der Waals surface area contributed by atoms with Gasteiger partial charge in [-0.15, -0.1) is 0 Å². The minimum atomic E-state index is -3.60. The number of hydrogen-bond acceptors (Lipinski definition) is 6. The quantitative estimate of drug-likeness (QED) is 0.496. The summed E-state index contributed by atoms with van der Waals surface area (Å²) in [7, 11) is -3.60. The van der Waals surface area contributed by atoms with Crippen LogP contribution >= 0.6 is 0 Å². The summed E-state index contributed by atoms with van der Waals surface area (Å²) in [6, 6.07) is 20.0. The summed E-state index contributed by atoms with van der Waals surface area (Å²) in [5.41, 5.74) is 0.582. The SMILES string of the molecule is CCOc1ccc(N(CCC#N)C(=O)c2ccc(CS(=O)(=O)c3ccccc3)o2)cc1. The second-order valence-electron chi connectivity index (χ2n) is 6.63. The highest BCUT2D eigenvalue weighted by atomic mass is 32.2. The largest absolute Gasteiger partial charge is 0.494 e. The van der Waals surface area contributed by atoms with Gasteiger partial charge in [0.2, 0.25) is 0 Å². The van der Waals surface area contributed by atoms with Crippen LogP contribution in [-0.4, -0.2) is 27.5 Å². The Labute approximate surface area is 181 Å². The van der Waals surface area contributed by atoms with Gasteiger partial charge in [0.25, 0.3) is 5.91 Å². The molecule has 2 aromatic carbocycles. The first-order chi connectivity index (χ1) is 14.9. The van der Waals surface area contributed by atoms with E-state index in [1.165, 1.54) is 29.2 Å². The van der Waals surface area contributed by atoms with Gasteiger partial charge < -0.3 is 14.1 Å². The van der Waals surface area contributed by atoms with Gasteiger partial charge in [-0.25, -0.2) is 8.42 Å². The third-order valence-corrected chi connectivity index (χ3v) is 6.11. The van der Waals surface area contributed by atoms with Crippen LogP contribution in [0.5, 0.6) is 5.75 Å². The standard InChI is InChI=1S/C23H22N2O5S/c1-2-29-19-11-9-18(10-12-19)25(16-6-15-24)23(26)22-14-13-20(30-22)17-31(27,28)21-7-4-3-5-8-21/h3-5,7-14H,2,6,16-17H2,1H3. The normalized spacial score (nSPS) is 11.0. The van der Waals surface area contributed by atoms with Crippen molar-refractivity contribution in [1.82, 2.24) is 0 Å². The smallest absolute Gasteiger partial charge is 0.294 e. The fourth-order valence-corrected chi connectivity index (χ4v) is 4.27. The van der Waals surface area contributed by atoms with Crippen LogP contribution in [0.3, 0.4) is 0 Å². The molecule has 0 aliphatic heterocycles. The number of sulfone groups is 1. The number of nitrogens with zero attached hydrogens (tertiary/aromatic N) is 2. The molecular formula is C23H22N2O5S. The highest BCUT2D eigenvalue weighted by molar-refractivity contribution is 7.90. The van der Waals surface area contributed by atoms with Crippen LogP contribution in [0.4, 0.5) is 5.69 Å². The van der Waals surface area contributed by atoms with Crippen LogP contribution in [0, 0.1) is 11.3 Å². The van der Waals surface area contributed by atoms with E-state index in [1.807, 2.05) is 13.0 Å². The number of nitriles is 1. The van der Waals surface area contributed by atoms with E-state index in [1.54, 1.807) is 42.5 Å². The Morgan fingerprint density at radius 3 is 2.42 bits per heavy atom. The lowest BCUT2D eigenvalue weighted by Crippen LogP contribution is -2.31. The van der Waals surface area contributed by atoms with Crippen molar-refractivity contribution in [2.75, 3.05) is 18.1 Å². The number of hydrogen-bond donors (Lipinski definition) is 0. The molecule has 8 heteroatoms. The summed E-state index contributed by atoms with van der Waals surface area (Å²) in [6.07, 6.45) is 0.134. The molecule has 0 atom stereocenters. The highest BCUT2D eigenvalue weighted by Gasteiger charge is 2.23. The lowest BCUT2D eigenvalue weighted by atomic mass is 10.2. The maximum absolute atomic E-state index is 13.1. The first-order valence-electron chi connectivity index (χ1n) is 9.73. The molecule has 3 aromatic rings. The molecule has 0 aliphatic carbocycles. The Morgan fingerprint density at radius 1 is 1.06 bits per heavy atom. The van der Waals surface area contributed by atoms with Crippen LogP contribution < -0.4 is 9.64 Å². The van der Waals surface area contributed by atoms with Crippen LogP contribution in [-0.2, 0) is 15.6 Å². The second kappa shape index (κ2) is 9.96. The average Bonchev–Trinajstić information content (AvgIpc) is 3.23. The van der Waals surface area contributed by atoms with Gasteiger partial charge in [-0.05, 0) is 55.5 Å². The van der Waals surface area contributed by atoms with Crippen molar-refractivity contribution in [3.05, 3.63) is 78.3 Å². The number of furan rings is 1. The maximum atomic E-state index is 13.1. The van der Waals surface area contributed by atoms with E-state index in [-0.39, 0.29) is 35.1 Å². The Morgan fingerprint density at radius 2 is 1.77 bits per heavy atom. The van der Waals surface area contributed by atoms with Gasteiger partial charge >= 0.3 is 0 Å². The topological polar surface area (TPSA) is 101 Å². The number of ether oxygens (including phenoxy) is 1. The molecule has 1 aromatic heterocycles. The highest BCUT2D eigenvalue weighted by Crippen LogP contribution is 2.24. The maximum Gasteiger partial charge on any atom is 0.294 e. The van der Waals surface area contributed by atoms with E-state index < -0.39 is 15.7 Å². The molecule has 7 nitrogen and oxygen atoms in total. The van der Waals surface area contributed by atoms with Crippen molar-refractivity contribution in [2.24, 2.45) is 0 Å². The molecule has 0 bridgehead atoms. The van der Waals surface area contributed by atoms with E-state index in [0.717, 1.165) is 0 Å². The molecule has 0 N–H and O–H groups in total. The van der Waals surface area contributed by atoms with Gasteiger partial charge in [-0.1, -0.05) is 18.2 Å². The molecule has 0 saturated heterocycles. The molecule has 0 spiro atoms. The summed E-state index contributed by atoms with van der Waals surface area (Å²) in [5, 5.41) is 8.97. The monoisotopic (exact) mass is 438 g/mol. The van der Waals surface area contributed by atoms with E-state index in [2.05, 4.69) is 0 Å².